The van der Waals surface area contributed by atoms with E-state index in [-0.39, 0.29) is 39.6 Å². The van der Waals surface area contributed by atoms with Crippen LogP contribution in [0.5, 0.6) is 11.5 Å². The Hall–Kier alpha value is -6.40. The SMILES string of the molecule is CC1=C2C(=O)OCCOCCOc3ccc(cc3)OCCOCCOC(=O)C3=C(C)OC(c4ccccc4)(c4ccccc4)C3COCC2C(c2ccccc2)(c2ccccc2)O1. The van der Waals surface area contributed by atoms with Gasteiger partial charge in [0.2, 0.25) is 0 Å². The molecule has 9 rings (SSSR count). The number of carbonyl (C=O) groups excluding carboxylic acids is 2. The molecule has 4 aliphatic heterocycles. The number of hydrogen-bond donors (Lipinski definition) is 0. The van der Waals surface area contributed by atoms with Gasteiger partial charge in [0, 0.05) is 22.3 Å². The molecule has 0 amide bonds. The maximum absolute atomic E-state index is 14.3. The van der Waals surface area contributed by atoms with Crippen LogP contribution in [0.4, 0.5) is 0 Å². The van der Waals surface area contributed by atoms with Gasteiger partial charge in [0.15, 0.2) is 11.2 Å². The number of rotatable bonds is 4. The fraction of sp³-hybridized carbons (Fsp3) is 0.308. The monoisotopic (exact) mass is 852 g/mol. The molecule has 11 nitrogen and oxygen atoms in total. The van der Waals surface area contributed by atoms with Crippen molar-refractivity contribution in [2.45, 2.75) is 25.0 Å². The molecule has 0 saturated heterocycles. The van der Waals surface area contributed by atoms with Crippen molar-refractivity contribution in [3.8, 4) is 11.5 Å². The van der Waals surface area contributed by atoms with Crippen molar-refractivity contribution in [1.29, 1.82) is 0 Å². The topological polar surface area (TPSA) is 117 Å². The Morgan fingerprint density at radius 2 is 0.683 bits per heavy atom. The number of fused-ring (bicyclic) bond motifs is 18. The van der Waals surface area contributed by atoms with Crippen LogP contribution in [0.2, 0.25) is 0 Å². The third kappa shape index (κ3) is 9.22. The third-order valence-electron chi connectivity index (χ3n) is 11.6. The van der Waals surface area contributed by atoms with Crippen molar-refractivity contribution in [3.63, 3.8) is 0 Å². The molecule has 0 fully saturated rings. The van der Waals surface area contributed by atoms with Crippen molar-refractivity contribution in [3.05, 3.63) is 191 Å². The van der Waals surface area contributed by atoms with Gasteiger partial charge in [-0.05, 0) is 38.1 Å². The molecule has 2 bridgehead atoms. The first-order valence-electron chi connectivity index (χ1n) is 21.4. The van der Waals surface area contributed by atoms with Crippen LogP contribution in [0, 0.1) is 11.8 Å². The zero-order chi connectivity index (χ0) is 43.5. The van der Waals surface area contributed by atoms with Crippen molar-refractivity contribution < 1.29 is 52.2 Å². The van der Waals surface area contributed by atoms with Crippen LogP contribution in [0.15, 0.2) is 168 Å². The highest BCUT2D eigenvalue weighted by Gasteiger charge is 2.56. The Morgan fingerprint density at radius 3 is 1.00 bits per heavy atom. The van der Waals surface area contributed by atoms with Gasteiger partial charge in [0.25, 0.3) is 0 Å². The summed E-state index contributed by atoms with van der Waals surface area (Å²) in [4.78, 5) is 28.7. The van der Waals surface area contributed by atoms with E-state index in [1.54, 1.807) is 13.8 Å². The smallest absolute Gasteiger partial charge is 0.338 e. The summed E-state index contributed by atoms with van der Waals surface area (Å²) in [5.74, 6) is -0.289. The standard InChI is InChI=1S/C52H52O11/c1-37-47-45(51(62-37,39-15-7-3-8-16-39)40-17-9-4-10-18-40)35-57-36-46-48(38(2)63-52(46,41-19-11-5-12-20-41)42-21-13-6-14-22-42)50(54)61-34-30-56-28-32-59-44-25-23-43(24-26-44)58-31-27-55-29-33-60-49(47)53/h3-26,45-46H,27-36H2,1-2H3. The molecule has 5 aromatic rings. The van der Waals surface area contributed by atoms with Crippen LogP contribution in [0.25, 0.3) is 0 Å². The lowest BCUT2D eigenvalue weighted by Crippen LogP contribution is -2.42. The lowest BCUT2D eigenvalue weighted by Gasteiger charge is -2.38. The van der Waals surface area contributed by atoms with Crippen LogP contribution < -0.4 is 9.47 Å². The predicted molar refractivity (Wildman–Crippen MR) is 234 cm³/mol. The average Bonchev–Trinajstić information content (AvgIpc) is 3.80. The molecular formula is C52H52O11. The van der Waals surface area contributed by atoms with Crippen LogP contribution in [0.3, 0.4) is 0 Å². The molecule has 4 heterocycles. The van der Waals surface area contributed by atoms with Crippen LogP contribution in [-0.2, 0) is 53.9 Å². The minimum atomic E-state index is -1.17. The highest BCUT2D eigenvalue weighted by Crippen LogP contribution is 2.54. The van der Waals surface area contributed by atoms with E-state index < -0.39 is 35.0 Å². The number of benzene rings is 5. The Bertz CT molecular complexity index is 2100. The maximum Gasteiger partial charge on any atom is 0.338 e. The molecule has 0 saturated carbocycles. The Labute approximate surface area is 368 Å². The number of hydrogen-bond acceptors (Lipinski definition) is 11. The van der Waals surface area contributed by atoms with Gasteiger partial charge in [-0.3, -0.25) is 0 Å². The van der Waals surface area contributed by atoms with Gasteiger partial charge in [-0.25, -0.2) is 9.59 Å². The van der Waals surface area contributed by atoms with Gasteiger partial charge in [-0.2, -0.15) is 0 Å². The summed E-state index contributed by atoms with van der Waals surface area (Å²) in [7, 11) is 0. The molecule has 0 aliphatic carbocycles. The second-order valence-corrected chi connectivity index (χ2v) is 15.4. The van der Waals surface area contributed by atoms with Crippen molar-refractivity contribution >= 4 is 11.9 Å². The molecule has 0 N–H and O–H groups in total. The molecule has 4 aliphatic rings. The zero-order valence-corrected chi connectivity index (χ0v) is 35.6. The third-order valence-corrected chi connectivity index (χ3v) is 11.6. The summed E-state index contributed by atoms with van der Waals surface area (Å²) in [5.41, 5.74) is 1.69. The Kier molecular flexibility index (Phi) is 13.9. The molecule has 63 heavy (non-hydrogen) atoms. The van der Waals surface area contributed by atoms with Gasteiger partial charge in [0.05, 0.1) is 62.6 Å². The van der Waals surface area contributed by atoms with E-state index in [4.69, 9.17) is 42.6 Å². The second-order valence-electron chi connectivity index (χ2n) is 15.4. The van der Waals surface area contributed by atoms with Gasteiger partial charge in [-0.1, -0.05) is 121 Å². The molecule has 0 radical (unpaired) electrons. The van der Waals surface area contributed by atoms with Gasteiger partial charge < -0.3 is 42.6 Å². The Balaban J connectivity index is 1.15. The molecule has 326 valence electrons. The minimum Gasteiger partial charge on any atom is -0.491 e. The molecule has 0 aromatic heterocycles. The normalized spacial score (nSPS) is 21.3. The molecule has 5 aromatic carbocycles. The van der Waals surface area contributed by atoms with E-state index in [1.165, 1.54) is 0 Å². The molecule has 0 spiro atoms. The highest BCUT2D eigenvalue weighted by atomic mass is 16.6. The second kappa shape index (κ2) is 20.2. The van der Waals surface area contributed by atoms with Crippen molar-refractivity contribution in [2.75, 3.05) is 66.1 Å². The fourth-order valence-corrected chi connectivity index (χ4v) is 8.84. The van der Waals surface area contributed by atoms with Crippen LogP contribution >= 0.6 is 0 Å². The summed E-state index contributed by atoms with van der Waals surface area (Å²) in [6.45, 7) is 5.12. The summed E-state index contributed by atoms with van der Waals surface area (Å²) < 4.78 is 55.9. The number of allylic oxidation sites excluding steroid dienone is 2. The zero-order valence-electron chi connectivity index (χ0n) is 35.6. The highest BCUT2D eigenvalue weighted by molar-refractivity contribution is 5.91. The van der Waals surface area contributed by atoms with Crippen molar-refractivity contribution in [1.82, 2.24) is 0 Å². The van der Waals surface area contributed by atoms with E-state index in [0.717, 1.165) is 22.3 Å². The quantitative estimate of drug-likeness (QED) is 0.128. The molecule has 2 unspecified atom stereocenters. The summed E-state index contributed by atoms with van der Waals surface area (Å²) in [5, 5.41) is 0. The van der Waals surface area contributed by atoms with Gasteiger partial charge >= 0.3 is 11.9 Å². The molecule has 11 heteroatoms. The summed E-state index contributed by atoms with van der Waals surface area (Å²) in [6, 6.07) is 46.6. The summed E-state index contributed by atoms with van der Waals surface area (Å²) in [6.07, 6.45) is 0. The number of ether oxygens (including phenoxy) is 9. The van der Waals surface area contributed by atoms with Crippen LogP contribution in [0.1, 0.15) is 36.1 Å². The Morgan fingerprint density at radius 1 is 0.381 bits per heavy atom. The van der Waals surface area contributed by atoms with Crippen molar-refractivity contribution in [2.24, 2.45) is 11.8 Å². The van der Waals surface area contributed by atoms with E-state index >= 15 is 0 Å². The van der Waals surface area contributed by atoms with E-state index in [1.807, 2.05) is 146 Å². The van der Waals surface area contributed by atoms with Crippen LogP contribution in [-0.4, -0.2) is 78.0 Å². The largest absolute Gasteiger partial charge is 0.491 e. The average molecular weight is 853 g/mol. The fourth-order valence-electron chi connectivity index (χ4n) is 8.84. The van der Waals surface area contributed by atoms with Gasteiger partial charge in [0.1, 0.15) is 49.4 Å². The number of esters is 2. The van der Waals surface area contributed by atoms with Gasteiger partial charge in [-0.15, -0.1) is 0 Å². The van der Waals surface area contributed by atoms with E-state index in [0.29, 0.717) is 60.6 Å². The van der Waals surface area contributed by atoms with E-state index in [2.05, 4.69) is 0 Å². The molecular weight excluding hydrogens is 801 g/mol. The molecule has 2 atom stereocenters. The summed E-state index contributed by atoms with van der Waals surface area (Å²) >= 11 is 0. The predicted octanol–water partition coefficient (Wildman–Crippen LogP) is 8.32. The number of carbonyl (C=O) groups is 2. The first-order valence-corrected chi connectivity index (χ1v) is 21.4. The van der Waals surface area contributed by atoms with E-state index in [9.17, 15) is 9.59 Å². The lowest BCUT2D eigenvalue weighted by molar-refractivity contribution is -0.142. The first-order chi connectivity index (χ1) is 30.9. The first kappa shape index (κ1) is 43.3. The maximum atomic E-state index is 14.3. The minimum absolute atomic E-state index is 0.00765. The lowest BCUT2D eigenvalue weighted by atomic mass is 9.73.